The van der Waals surface area contributed by atoms with E-state index in [0.717, 1.165) is 31.1 Å². The number of amidine groups is 1. The van der Waals surface area contributed by atoms with Crippen molar-refractivity contribution in [1.82, 2.24) is 4.90 Å². The molecule has 3 rings (SSSR count). The average molecular weight is 288 g/mol. The van der Waals surface area contributed by atoms with Crippen LogP contribution in [0.5, 0.6) is 0 Å². The van der Waals surface area contributed by atoms with E-state index < -0.39 is 29.3 Å². The summed E-state index contributed by atoms with van der Waals surface area (Å²) >= 11 is 1.39. The number of likely N-dealkylation sites (tertiary alicyclic amines) is 1. The standard InChI is InChI=1S/C12H20N2O4S/c1-7(15)12-10(9(17)8(16)6-18-12)13-11(19-12)14-4-2-3-5-14/h7-10,15-17H,2-6H2,1H3/t7?,8?,9?,10?,12-/m1/s1. The van der Waals surface area contributed by atoms with Crippen LogP contribution in [0.15, 0.2) is 4.99 Å². The summed E-state index contributed by atoms with van der Waals surface area (Å²) < 4.78 is 5.69. The quantitative estimate of drug-likeness (QED) is 0.596. The number of hydrogen-bond acceptors (Lipinski definition) is 7. The van der Waals surface area contributed by atoms with Gasteiger partial charge in [-0.1, -0.05) is 0 Å². The van der Waals surface area contributed by atoms with Crippen LogP contribution in [0.3, 0.4) is 0 Å². The van der Waals surface area contributed by atoms with Crippen LogP contribution in [0.1, 0.15) is 19.8 Å². The Labute approximate surface area is 116 Å². The highest BCUT2D eigenvalue weighted by atomic mass is 32.2. The van der Waals surface area contributed by atoms with Crippen molar-refractivity contribution in [3.63, 3.8) is 0 Å². The lowest BCUT2D eigenvalue weighted by Crippen LogP contribution is -2.61. The number of aliphatic hydroxyl groups is 3. The highest BCUT2D eigenvalue weighted by molar-refractivity contribution is 8.15. The number of hydrogen-bond donors (Lipinski definition) is 3. The Balaban J connectivity index is 1.88. The highest BCUT2D eigenvalue weighted by Crippen LogP contribution is 2.47. The Morgan fingerprint density at radius 2 is 2.11 bits per heavy atom. The topological polar surface area (TPSA) is 85.5 Å². The van der Waals surface area contributed by atoms with Gasteiger partial charge >= 0.3 is 0 Å². The van der Waals surface area contributed by atoms with Crippen LogP contribution in [0, 0.1) is 0 Å². The lowest BCUT2D eigenvalue weighted by atomic mass is 9.94. The molecule has 0 aromatic carbocycles. The van der Waals surface area contributed by atoms with Crippen LogP contribution in [0.2, 0.25) is 0 Å². The van der Waals surface area contributed by atoms with E-state index in [2.05, 4.69) is 9.89 Å². The molecule has 6 nitrogen and oxygen atoms in total. The minimum Gasteiger partial charge on any atom is -0.389 e. The number of fused-ring (bicyclic) bond motifs is 1. The number of rotatable bonds is 1. The minimum atomic E-state index is -0.990. The molecule has 0 radical (unpaired) electrons. The molecule has 3 aliphatic heterocycles. The number of nitrogens with zero attached hydrogens (tertiary/aromatic N) is 2. The molecule has 3 aliphatic rings. The fourth-order valence-electron chi connectivity index (χ4n) is 2.90. The van der Waals surface area contributed by atoms with Gasteiger partial charge in [-0.2, -0.15) is 0 Å². The molecule has 19 heavy (non-hydrogen) atoms. The molecule has 0 aromatic rings. The molecule has 5 atom stereocenters. The molecular weight excluding hydrogens is 268 g/mol. The summed E-state index contributed by atoms with van der Waals surface area (Å²) in [6.07, 6.45) is -0.431. The van der Waals surface area contributed by atoms with Crippen molar-refractivity contribution in [2.45, 2.75) is 49.1 Å². The van der Waals surface area contributed by atoms with Gasteiger partial charge in [0, 0.05) is 13.1 Å². The van der Waals surface area contributed by atoms with E-state index in [1.165, 1.54) is 11.8 Å². The van der Waals surface area contributed by atoms with Crippen molar-refractivity contribution in [3.05, 3.63) is 0 Å². The third kappa shape index (κ3) is 2.08. The molecule has 0 amide bonds. The lowest BCUT2D eigenvalue weighted by molar-refractivity contribution is -0.172. The molecule has 0 bridgehead atoms. The summed E-state index contributed by atoms with van der Waals surface area (Å²) in [6, 6.07) is -0.614. The molecular formula is C12H20N2O4S. The third-order valence-electron chi connectivity index (χ3n) is 4.07. The maximum Gasteiger partial charge on any atom is 0.171 e. The van der Waals surface area contributed by atoms with Crippen molar-refractivity contribution in [2.24, 2.45) is 4.99 Å². The molecule has 3 N–H and O–H groups in total. The zero-order chi connectivity index (χ0) is 13.6. The summed E-state index contributed by atoms with van der Waals surface area (Å²) in [6.45, 7) is 3.57. The zero-order valence-corrected chi connectivity index (χ0v) is 11.7. The first-order valence-corrected chi connectivity index (χ1v) is 7.56. The van der Waals surface area contributed by atoms with Crippen LogP contribution in [0.25, 0.3) is 0 Å². The average Bonchev–Trinajstić information content (AvgIpc) is 3.01. The second kappa shape index (κ2) is 4.89. The Bertz CT molecular complexity index is 386. The van der Waals surface area contributed by atoms with Gasteiger partial charge in [-0.25, -0.2) is 0 Å². The molecule has 4 unspecified atom stereocenters. The first kappa shape index (κ1) is 13.6. The third-order valence-corrected chi connectivity index (χ3v) is 5.63. The minimum absolute atomic E-state index is 0.0262. The second-order valence-electron chi connectivity index (χ2n) is 5.42. The molecule has 0 aromatic heterocycles. The van der Waals surface area contributed by atoms with Crippen molar-refractivity contribution >= 4 is 16.9 Å². The number of aliphatic imine (C=N–C) groups is 1. The van der Waals surface area contributed by atoms with Gasteiger partial charge in [0.25, 0.3) is 0 Å². The van der Waals surface area contributed by atoms with Gasteiger partial charge in [0.05, 0.1) is 12.7 Å². The zero-order valence-electron chi connectivity index (χ0n) is 10.9. The highest BCUT2D eigenvalue weighted by Gasteiger charge is 2.58. The number of ether oxygens (including phenoxy) is 1. The first-order chi connectivity index (χ1) is 9.04. The maximum atomic E-state index is 10.1. The van der Waals surface area contributed by atoms with Gasteiger partial charge in [-0.15, -0.1) is 0 Å². The number of aliphatic hydroxyl groups excluding tert-OH is 3. The summed E-state index contributed by atoms with van der Waals surface area (Å²) in [7, 11) is 0. The fourth-order valence-corrected chi connectivity index (χ4v) is 4.27. The maximum absolute atomic E-state index is 10.1. The van der Waals surface area contributed by atoms with Gasteiger partial charge < -0.3 is 25.0 Å². The van der Waals surface area contributed by atoms with Crippen molar-refractivity contribution < 1.29 is 20.1 Å². The van der Waals surface area contributed by atoms with Crippen molar-refractivity contribution in [1.29, 1.82) is 0 Å². The predicted octanol–water partition coefficient (Wildman–Crippen LogP) is -0.617. The first-order valence-electron chi connectivity index (χ1n) is 6.74. The summed E-state index contributed by atoms with van der Waals surface area (Å²) in [4.78, 5) is 5.73. The molecule has 7 heteroatoms. The van der Waals surface area contributed by atoms with E-state index in [4.69, 9.17) is 4.74 Å². The Morgan fingerprint density at radius 3 is 2.74 bits per heavy atom. The molecule has 3 heterocycles. The summed E-state index contributed by atoms with van der Waals surface area (Å²) in [5.74, 6) is 0. The van der Waals surface area contributed by atoms with Crippen LogP contribution in [0.4, 0.5) is 0 Å². The van der Waals surface area contributed by atoms with Gasteiger partial charge in [0.2, 0.25) is 0 Å². The SMILES string of the molecule is CC(O)[C@]12OCC(O)C(O)C1N=C(N1CCCC1)S2. The number of thioether (sulfide) groups is 1. The van der Waals surface area contributed by atoms with E-state index in [0.29, 0.717) is 0 Å². The molecule has 0 spiro atoms. The molecule has 0 saturated carbocycles. The largest absolute Gasteiger partial charge is 0.389 e. The van der Waals surface area contributed by atoms with Crippen LogP contribution in [-0.2, 0) is 4.74 Å². The van der Waals surface area contributed by atoms with E-state index >= 15 is 0 Å². The predicted molar refractivity (Wildman–Crippen MR) is 72.0 cm³/mol. The molecule has 2 fully saturated rings. The Morgan fingerprint density at radius 1 is 1.42 bits per heavy atom. The van der Waals surface area contributed by atoms with Gasteiger partial charge in [0.1, 0.15) is 18.2 Å². The van der Waals surface area contributed by atoms with Gasteiger partial charge in [-0.05, 0) is 31.5 Å². The normalized spacial score (nSPS) is 44.1. The fraction of sp³-hybridized carbons (Fsp3) is 0.917. The van der Waals surface area contributed by atoms with E-state index in [9.17, 15) is 15.3 Å². The molecule has 2 saturated heterocycles. The summed E-state index contributed by atoms with van der Waals surface area (Å²) in [5, 5.41) is 30.8. The van der Waals surface area contributed by atoms with E-state index in [1.807, 2.05) is 0 Å². The van der Waals surface area contributed by atoms with E-state index in [-0.39, 0.29) is 6.61 Å². The van der Waals surface area contributed by atoms with Crippen molar-refractivity contribution in [3.8, 4) is 0 Å². The lowest BCUT2D eigenvalue weighted by Gasteiger charge is -2.43. The molecule has 0 aliphatic carbocycles. The smallest absolute Gasteiger partial charge is 0.171 e. The Hall–Kier alpha value is -0.340. The van der Waals surface area contributed by atoms with Gasteiger partial charge in [-0.3, -0.25) is 4.99 Å². The van der Waals surface area contributed by atoms with Crippen molar-refractivity contribution in [2.75, 3.05) is 19.7 Å². The van der Waals surface area contributed by atoms with E-state index in [1.54, 1.807) is 6.92 Å². The summed E-state index contributed by atoms with van der Waals surface area (Å²) in [5.41, 5.74) is 0. The van der Waals surface area contributed by atoms with Gasteiger partial charge in [0.15, 0.2) is 10.1 Å². The Kier molecular flexibility index (Phi) is 3.51. The van der Waals surface area contributed by atoms with Crippen LogP contribution >= 0.6 is 11.8 Å². The van der Waals surface area contributed by atoms with Crippen LogP contribution in [-0.4, -0.2) is 74.4 Å². The monoisotopic (exact) mass is 288 g/mol. The molecule has 108 valence electrons. The second-order valence-corrected chi connectivity index (χ2v) is 6.63. The van der Waals surface area contributed by atoms with Crippen LogP contribution < -0.4 is 0 Å².